The summed E-state index contributed by atoms with van der Waals surface area (Å²) in [6.45, 7) is 2.11. The maximum absolute atomic E-state index is 11.4. The molecule has 0 saturated carbocycles. The Morgan fingerprint density at radius 2 is 2.05 bits per heavy atom. The Balaban J connectivity index is 1.92. The first-order valence-corrected chi connectivity index (χ1v) is 6.78. The molecule has 19 heavy (non-hydrogen) atoms. The fourth-order valence-corrected chi connectivity index (χ4v) is 2.77. The summed E-state index contributed by atoms with van der Waals surface area (Å²) in [5, 5.41) is 3.60. The summed E-state index contributed by atoms with van der Waals surface area (Å²) in [6, 6.07) is 12.2. The van der Waals surface area contributed by atoms with Crippen molar-refractivity contribution in [1.29, 1.82) is 0 Å². The van der Waals surface area contributed by atoms with Crippen LogP contribution in [0.3, 0.4) is 0 Å². The molecule has 2 N–H and O–H groups in total. The molecule has 3 nitrogen and oxygen atoms in total. The van der Waals surface area contributed by atoms with Crippen molar-refractivity contribution >= 4 is 5.69 Å². The monoisotopic (exact) mass is 254 g/mol. The Labute approximate surface area is 112 Å². The van der Waals surface area contributed by atoms with E-state index in [-0.39, 0.29) is 5.56 Å². The van der Waals surface area contributed by atoms with E-state index in [2.05, 4.69) is 29.4 Å². The standard InChI is InChI=1S/C16H18N2O/c1-11-5-2-3-6-13(11)17-14-7-4-8-15-12(14)9-10-16(19)18-15/h2-3,5-6,9-10,14,17H,4,7-8H2,1H3,(H,18,19). The molecule has 0 fully saturated rings. The van der Waals surface area contributed by atoms with Crippen molar-refractivity contribution in [2.24, 2.45) is 0 Å². The molecule has 1 aliphatic carbocycles. The smallest absolute Gasteiger partial charge is 0.248 e. The molecule has 1 aromatic heterocycles. The average molecular weight is 254 g/mol. The second-order valence-corrected chi connectivity index (χ2v) is 5.16. The lowest BCUT2D eigenvalue weighted by molar-refractivity contribution is 0.586. The third-order valence-corrected chi connectivity index (χ3v) is 3.81. The molecular weight excluding hydrogens is 236 g/mol. The zero-order valence-electron chi connectivity index (χ0n) is 11.1. The Morgan fingerprint density at radius 1 is 1.21 bits per heavy atom. The molecule has 1 aliphatic rings. The molecule has 2 aromatic rings. The van der Waals surface area contributed by atoms with Crippen molar-refractivity contribution in [3.63, 3.8) is 0 Å². The fourth-order valence-electron chi connectivity index (χ4n) is 2.77. The summed E-state index contributed by atoms with van der Waals surface area (Å²) < 4.78 is 0. The van der Waals surface area contributed by atoms with Crippen LogP contribution in [-0.4, -0.2) is 4.98 Å². The average Bonchev–Trinajstić information content (AvgIpc) is 2.41. The molecule has 3 rings (SSSR count). The van der Waals surface area contributed by atoms with Gasteiger partial charge < -0.3 is 10.3 Å². The normalized spacial score (nSPS) is 17.8. The minimum atomic E-state index is -0.00436. The maximum atomic E-state index is 11.4. The Bertz CT molecular complexity index is 645. The van der Waals surface area contributed by atoms with Gasteiger partial charge >= 0.3 is 0 Å². The lowest BCUT2D eigenvalue weighted by Gasteiger charge is -2.27. The minimum absolute atomic E-state index is 0.00436. The van der Waals surface area contributed by atoms with Gasteiger partial charge in [-0.3, -0.25) is 4.79 Å². The molecule has 0 bridgehead atoms. The van der Waals surface area contributed by atoms with Gasteiger partial charge in [0.2, 0.25) is 5.56 Å². The van der Waals surface area contributed by atoms with Crippen LogP contribution in [0.1, 0.15) is 35.7 Å². The zero-order valence-corrected chi connectivity index (χ0v) is 11.1. The highest BCUT2D eigenvalue weighted by Gasteiger charge is 2.20. The number of rotatable bonds is 2. The van der Waals surface area contributed by atoms with Crippen LogP contribution >= 0.6 is 0 Å². The summed E-state index contributed by atoms with van der Waals surface area (Å²) in [6.07, 6.45) is 3.18. The first kappa shape index (κ1) is 12.0. The molecule has 1 unspecified atom stereocenters. The zero-order chi connectivity index (χ0) is 13.2. The van der Waals surface area contributed by atoms with E-state index >= 15 is 0 Å². The maximum Gasteiger partial charge on any atom is 0.248 e. The van der Waals surface area contributed by atoms with Crippen LogP contribution < -0.4 is 10.9 Å². The quantitative estimate of drug-likeness (QED) is 0.864. The molecule has 98 valence electrons. The van der Waals surface area contributed by atoms with E-state index in [4.69, 9.17) is 0 Å². The number of aromatic amines is 1. The number of pyridine rings is 1. The SMILES string of the molecule is Cc1ccccc1NC1CCCc2[nH]c(=O)ccc21. The number of hydrogen-bond acceptors (Lipinski definition) is 2. The number of aryl methyl sites for hydroxylation is 2. The van der Waals surface area contributed by atoms with Crippen molar-refractivity contribution in [2.75, 3.05) is 5.32 Å². The van der Waals surface area contributed by atoms with Gasteiger partial charge in [-0.25, -0.2) is 0 Å². The van der Waals surface area contributed by atoms with Gasteiger partial charge in [-0.2, -0.15) is 0 Å². The van der Waals surface area contributed by atoms with Crippen LogP contribution in [0.5, 0.6) is 0 Å². The first-order valence-electron chi connectivity index (χ1n) is 6.78. The Kier molecular flexibility index (Phi) is 3.11. The second-order valence-electron chi connectivity index (χ2n) is 5.16. The largest absolute Gasteiger partial charge is 0.378 e. The van der Waals surface area contributed by atoms with E-state index in [9.17, 15) is 4.79 Å². The molecule has 3 heteroatoms. The van der Waals surface area contributed by atoms with Crippen LogP contribution in [0.15, 0.2) is 41.2 Å². The van der Waals surface area contributed by atoms with E-state index < -0.39 is 0 Å². The van der Waals surface area contributed by atoms with Crippen LogP contribution in [0.2, 0.25) is 0 Å². The molecule has 1 atom stereocenters. The third kappa shape index (κ3) is 2.41. The molecular formula is C16H18N2O. The van der Waals surface area contributed by atoms with Gasteiger partial charge in [0.25, 0.3) is 0 Å². The molecule has 0 saturated heterocycles. The highest BCUT2D eigenvalue weighted by molar-refractivity contribution is 5.52. The summed E-state index contributed by atoms with van der Waals surface area (Å²) in [4.78, 5) is 14.3. The van der Waals surface area contributed by atoms with E-state index in [1.165, 1.54) is 16.8 Å². The Morgan fingerprint density at radius 3 is 2.89 bits per heavy atom. The van der Waals surface area contributed by atoms with E-state index in [1.807, 2.05) is 18.2 Å². The summed E-state index contributed by atoms with van der Waals surface area (Å²) in [7, 11) is 0. The summed E-state index contributed by atoms with van der Waals surface area (Å²) in [5.74, 6) is 0. The van der Waals surface area contributed by atoms with E-state index in [0.717, 1.165) is 25.0 Å². The predicted molar refractivity (Wildman–Crippen MR) is 77.5 cm³/mol. The molecule has 0 spiro atoms. The van der Waals surface area contributed by atoms with Crippen molar-refractivity contribution in [2.45, 2.75) is 32.2 Å². The minimum Gasteiger partial charge on any atom is -0.378 e. The Hall–Kier alpha value is -2.03. The topological polar surface area (TPSA) is 44.9 Å². The van der Waals surface area contributed by atoms with Gasteiger partial charge in [-0.15, -0.1) is 0 Å². The van der Waals surface area contributed by atoms with Crippen molar-refractivity contribution in [3.05, 3.63) is 63.6 Å². The number of H-pyrrole nitrogens is 1. The molecule has 1 heterocycles. The lowest BCUT2D eigenvalue weighted by atomic mass is 9.91. The van der Waals surface area contributed by atoms with E-state index in [1.54, 1.807) is 6.07 Å². The summed E-state index contributed by atoms with van der Waals surface area (Å²) in [5.41, 5.74) is 4.74. The van der Waals surface area contributed by atoms with E-state index in [0.29, 0.717) is 6.04 Å². The van der Waals surface area contributed by atoms with Crippen LogP contribution in [0.4, 0.5) is 5.69 Å². The summed E-state index contributed by atoms with van der Waals surface area (Å²) >= 11 is 0. The van der Waals surface area contributed by atoms with Gasteiger partial charge in [0.1, 0.15) is 0 Å². The number of anilines is 1. The first-order chi connectivity index (χ1) is 9.24. The second kappa shape index (κ2) is 4.92. The third-order valence-electron chi connectivity index (χ3n) is 3.81. The van der Waals surface area contributed by atoms with Gasteiger partial charge in [0.15, 0.2) is 0 Å². The van der Waals surface area contributed by atoms with Crippen molar-refractivity contribution in [1.82, 2.24) is 4.98 Å². The van der Waals surface area contributed by atoms with Crippen LogP contribution in [0.25, 0.3) is 0 Å². The number of fused-ring (bicyclic) bond motifs is 1. The number of para-hydroxylation sites is 1. The predicted octanol–water partition coefficient (Wildman–Crippen LogP) is 3.17. The van der Waals surface area contributed by atoms with Gasteiger partial charge in [0, 0.05) is 17.4 Å². The lowest BCUT2D eigenvalue weighted by Crippen LogP contribution is -2.21. The van der Waals surface area contributed by atoms with Crippen LogP contribution in [0, 0.1) is 6.92 Å². The number of nitrogens with one attached hydrogen (secondary N) is 2. The van der Waals surface area contributed by atoms with Gasteiger partial charge in [-0.1, -0.05) is 18.2 Å². The molecule has 0 radical (unpaired) electrons. The number of hydrogen-bond donors (Lipinski definition) is 2. The van der Waals surface area contributed by atoms with Crippen LogP contribution in [-0.2, 0) is 6.42 Å². The van der Waals surface area contributed by atoms with Crippen molar-refractivity contribution in [3.8, 4) is 0 Å². The molecule has 0 aliphatic heterocycles. The fraction of sp³-hybridized carbons (Fsp3) is 0.312. The highest BCUT2D eigenvalue weighted by atomic mass is 16.1. The highest BCUT2D eigenvalue weighted by Crippen LogP contribution is 2.31. The molecule has 0 amide bonds. The van der Waals surface area contributed by atoms with Gasteiger partial charge in [0.05, 0.1) is 6.04 Å². The molecule has 1 aromatic carbocycles. The number of benzene rings is 1. The van der Waals surface area contributed by atoms with Crippen molar-refractivity contribution < 1.29 is 0 Å². The van der Waals surface area contributed by atoms with Gasteiger partial charge in [-0.05, 0) is 49.4 Å². The number of aromatic nitrogens is 1.